The molecule has 3 aromatic heterocycles. The molecule has 4 nitrogen and oxygen atoms in total. The van der Waals surface area contributed by atoms with Gasteiger partial charge in [0.25, 0.3) is 0 Å². The van der Waals surface area contributed by atoms with Crippen molar-refractivity contribution in [2.24, 2.45) is 0 Å². The van der Waals surface area contributed by atoms with E-state index in [1.165, 1.54) is 4.88 Å². The van der Waals surface area contributed by atoms with Gasteiger partial charge in [0.05, 0.1) is 11.2 Å². The standard InChI is InChI=1S/C14H13N3OS/c1-10-13(19-9-16-10)4-6-17-7-11(8-18)12-3-2-5-15-14(12)17/h2-3,5,7-9H,4,6H2,1H3. The first-order valence-corrected chi connectivity index (χ1v) is 6.95. The molecule has 0 aliphatic rings. The zero-order valence-corrected chi connectivity index (χ0v) is 11.4. The molecule has 96 valence electrons. The minimum absolute atomic E-state index is 0.698. The number of aromatic nitrogens is 3. The molecule has 0 aliphatic carbocycles. The van der Waals surface area contributed by atoms with Crippen LogP contribution in [0.3, 0.4) is 0 Å². The molecule has 3 rings (SSSR count). The summed E-state index contributed by atoms with van der Waals surface area (Å²) in [5.74, 6) is 0. The molecular formula is C14H13N3OS. The Morgan fingerprint density at radius 3 is 3.05 bits per heavy atom. The van der Waals surface area contributed by atoms with Crippen molar-refractivity contribution >= 4 is 28.7 Å². The average Bonchev–Trinajstić information content (AvgIpc) is 3.00. The Balaban J connectivity index is 1.93. The molecule has 0 amide bonds. The number of thiazole rings is 1. The second kappa shape index (κ2) is 4.93. The van der Waals surface area contributed by atoms with E-state index in [4.69, 9.17) is 0 Å². The highest BCUT2D eigenvalue weighted by molar-refractivity contribution is 7.09. The number of nitrogens with zero attached hydrogens (tertiary/aromatic N) is 3. The van der Waals surface area contributed by atoms with Gasteiger partial charge in [0.2, 0.25) is 0 Å². The van der Waals surface area contributed by atoms with Gasteiger partial charge >= 0.3 is 0 Å². The maximum atomic E-state index is 11.1. The van der Waals surface area contributed by atoms with Gasteiger partial charge in [0.1, 0.15) is 5.65 Å². The van der Waals surface area contributed by atoms with Crippen LogP contribution in [0.25, 0.3) is 11.0 Å². The van der Waals surface area contributed by atoms with Gasteiger partial charge in [0, 0.05) is 41.2 Å². The second-order valence-electron chi connectivity index (χ2n) is 4.38. The number of aldehydes is 1. The Bertz CT molecular complexity index is 729. The first kappa shape index (κ1) is 12.0. The molecule has 0 spiro atoms. The average molecular weight is 271 g/mol. The zero-order chi connectivity index (χ0) is 13.2. The number of pyridine rings is 1. The van der Waals surface area contributed by atoms with Crippen LogP contribution in [0.4, 0.5) is 0 Å². The van der Waals surface area contributed by atoms with E-state index >= 15 is 0 Å². The number of aryl methyl sites for hydroxylation is 3. The van der Waals surface area contributed by atoms with Crippen LogP contribution >= 0.6 is 11.3 Å². The van der Waals surface area contributed by atoms with Crippen molar-refractivity contribution in [3.63, 3.8) is 0 Å². The van der Waals surface area contributed by atoms with E-state index in [9.17, 15) is 4.79 Å². The van der Waals surface area contributed by atoms with Crippen molar-refractivity contribution in [1.82, 2.24) is 14.5 Å². The van der Waals surface area contributed by atoms with E-state index in [0.29, 0.717) is 5.56 Å². The minimum Gasteiger partial charge on any atom is -0.331 e. The Kier molecular flexibility index (Phi) is 3.13. The topological polar surface area (TPSA) is 47.8 Å². The van der Waals surface area contributed by atoms with E-state index in [1.807, 2.05) is 35.3 Å². The summed E-state index contributed by atoms with van der Waals surface area (Å²) in [4.78, 5) is 21.0. The van der Waals surface area contributed by atoms with Crippen LogP contribution in [0.2, 0.25) is 0 Å². The predicted molar refractivity (Wildman–Crippen MR) is 75.7 cm³/mol. The maximum Gasteiger partial charge on any atom is 0.152 e. The Hall–Kier alpha value is -2.01. The van der Waals surface area contributed by atoms with Crippen LogP contribution in [-0.4, -0.2) is 20.8 Å². The quantitative estimate of drug-likeness (QED) is 0.685. The summed E-state index contributed by atoms with van der Waals surface area (Å²) in [6, 6.07) is 3.79. The summed E-state index contributed by atoms with van der Waals surface area (Å²) in [6.07, 6.45) is 5.43. The SMILES string of the molecule is Cc1ncsc1CCn1cc(C=O)c2cccnc21. The number of carbonyl (C=O) groups is 1. The van der Waals surface area contributed by atoms with Crippen molar-refractivity contribution < 1.29 is 4.79 Å². The fraction of sp³-hybridized carbons (Fsp3) is 0.214. The van der Waals surface area contributed by atoms with Gasteiger partial charge < -0.3 is 4.57 Å². The summed E-state index contributed by atoms with van der Waals surface area (Å²) in [6.45, 7) is 2.83. The Morgan fingerprint density at radius 1 is 1.42 bits per heavy atom. The number of hydrogen-bond donors (Lipinski definition) is 0. The highest BCUT2D eigenvalue weighted by Gasteiger charge is 2.09. The van der Waals surface area contributed by atoms with Crippen molar-refractivity contribution in [3.05, 3.63) is 46.2 Å². The summed E-state index contributed by atoms with van der Waals surface area (Å²) in [7, 11) is 0. The molecule has 0 radical (unpaired) electrons. The zero-order valence-electron chi connectivity index (χ0n) is 10.5. The third kappa shape index (κ3) is 2.17. The molecular weight excluding hydrogens is 258 g/mol. The van der Waals surface area contributed by atoms with Crippen molar-refractivity contribution in [3.8, 4) is 0 Å². The first-order valence-electron chi connectivity index (χ1n) is 6.07. The fourth-order valence-electron chi connectivity index (χ4n) is 2.20. The van der Waals surface area contributed by atoms with Gasteiger partial charge in [-0.05, 0) is 19.1 Å². The van der Waals surface area contributed by atoms with Crippen molar-refractivity contribution in [2.45, 2.75) is 19.9 Å². The van der Waals surface area contributed by atoms with Crippen LogP contribution in [0.5, 0.6) is 0 Å². The predicted octanol–water partition coefficient (Wildman–Crippen LogP) is 2.86. The molecule has 0 N–H and O–H groups in total. The number of carbonyl (C=O) groups excluding carboxylic acids is 1. The minimum atomic E-state index is 0.698. The molecule has 0 unspecified atom stereocenters. The van der Waals surface area contributed by atoms with Crippen LogP contribution < -0.4 is 0 Å². The molecule has 19 heavy (non-hydrogen) atoms. The Labute approximate surface area is 114 Å². The normalized spacial score (nSPS) is 11.0. The smallest absolute Gasteiger partial charge is 0.152 e. The molecule has 0 aromatic carbocycles. The molecule has 0 aliphatic heterocycles. The van der Waals surface area contributed by atoms with E-state index in [2.05, 4.69) is 9.97 Å². The second-order valence-corrected chi connectivity index (χ2v) is 5.32. The monoisotopic (exact) mass is 271 g/mol. The number of rotatable bonds is 4. The number of fused-ring (bicyclic) bond motifs is 1. The van der Waals surface area contributed by atoms with E-state index < -0.39 is 0 Å². The van der Waals surface area contributed by atoms with Gasteiger partial charge in [-0.2, -0.15) is 0 Å². The van der Waals surface area contributed by atoms with Gasteiger partial charge in [0.15, 0.2) is 6.29 Å². The molecule has 0 fully saturated rings. The molecule has 0 bridgehead atoms. The fourth-order valence-corrected chi connectivity index (χ4v) is 2.97. The Morgan fingerprint density at radius 2 is 2.32 bits per heavy atom. The van der Waals surface area contributed by atoms with Gasteiger partial charge in [-0.15, -0.1) is 11.3 Å². The molecule has 5 heteroatoms. The summed E-state index contributed by atoms with van der Waals surface area (Å²) < 4.78 is 2.04. The molecule has 3 aromatic rings. The molecule has 0 saturated carbocycles. The van der Waals surface area contributed by atoms with Crippen LogP contribution in [0.15, 0.2) is 30.0 Å². The van der Waals surface area contributed by atoms with Crippen LogP contribution in [-0.2, 0) is 13.0 Å². The highest BCUT2D eigenvalue weighted by atomic mass is 32.1. The van der Waals surface area contributed by atoms with Gasteiger partial charge in [-0.1, -0.05) is 0 Å². The maximum absolute atomic E-state index is 11.1. The third-order valence-corrected chi connectivity index (χ3v) is 4.21. The summed E-state index contributed by atoms with van der Waals surface area (Å²) >= 11 is 1.67. The largest absolute Gasteiger partial charge is 0.331 e. The summed E-state index contributed by atoms with van der Waals surface area (Å²) in [5, 5.41) is 0.915. The molecule has 0 atom stereocenters. The summed E-state index contributed by atoms with van der Waals surface area (Å²) in [5.41, 5.74) is 4.52. The lowest BCUT2D eigenvalue weighted by Gasteiger charge is -2.03. The first-order chi connectivity index (χ1) is 9.29. The van der Waals surface area contributed by atoms with E-state index in [0.717, 1.165) is 36.0 Å². The molecule has 3 heterocycles. The van der Waals surface area contributed by atoms with E-state index in [-0.39, 0.29) is 0 Å². The van der Waals surface area contributed by atoms with Gasteiger partial charge in [-0.3, -0.25) is 4.79 Å². The lowest BCUT2D eigenvalue weighted by molar-refractivity contribution is 0.112. The lowest BCUT2D eigenvalue weighted by atomic mass is 10.2. The van der Waals surface area contributed by atoms with Crippen LogP contribution in [0.1, 0.15) is 20.9 Å². The van der Waals surface area contributed by atoms with Crippen molar-refractivity contribution in [1.29, 1.82) is 0 Å². The van der Waals surface area contributed by atoms with Crippen molar-refractivity contribution in [2.75, 3.05) is 0 Å². The lowest BCUT2D eigenvalue weighted by Crippen LogP contribution is -2.00. The van der Waals surface area contributed by atoms with E-state index in [1.54, 1.807) is 17.5 Å². The van der Waals surface area contributed by atoms with Gasteiger partial charge in [-0.25, -0.2) is 9.97 Å². The van der Waals surface area contributed by atoms with Crippen LogP contribution in [0, 0.1) is 6.92 Å². The highest BCUT2D eigenvalue weighted by Crippen LogP contribution is 2.19. The molecule has 0 saturated heterocycles. The third-order valence-electron chi connectivity index (χ3n) is 3.22. The number of hydrogen-bond acceptors (Lipinski definition) is 4.